The number of nitrogens with zero attached hydrogens (tertiary/aromatic N) is 1. The van der Waals surface area contributed by atoms with Crippen molar-refractivity contribution < 1.29 is 4.79 Å². The zero-order valence-corrected chi connectivity index (χ0v) is 15.6. The van der Waals surface area contributed by atoms with Gasteiger partial charge in [-0.05, 0) is 49.9 Å². The van der Waals surface area contributed by atoms with E-state index in [4.69, 9.17) is 0 Å². The predicted octanol–water partition coefficient (Wildman–Crippen LogP) is 2.99. The molecule has 0 unspecified atom stereocenters. The lowest BCUT2D eigenvalue weighted by Gasteiger charge is -2.22. The van der Waals surface area contributed by atoms with E-state index >= 15 is 0 Å². The molecule has 1 amide bonds. The Bertz CT molecular complexity index is 463. The lowest BCUT2D eigenvalue weighted by molar-refractivity contribution is -0.121. The van der Waals surface area contributed by atoms with Gasteiger partial charge in [-0.25, -0.2) is 0 Å². The van der Waals surface area contributed by atoms with Crippen LogP contribution in [0.1, 0.15) is 31.2 Å². The Morgan fingerprint density at radius 3 is 2.52 bits per heavy atom. The Kier molecular flexibility index (Phi) is 11.1. The second-order valence-corrected chi connectivity index (χ2v) is 6.03. The van der Waals surface area contributed by atoms with Crippen molar-refractivity contribution in [3.63, 3.8) is 0 Å². The van der Waals surface area contributed by atoms with Crippen molar-refractivity contribution in [3.05, 3.63) is 29.8 Å². The maximum Gasteiger partial charge on any atom is 0.220 e. The van der Waals surface area contributed by atoms with Crippen LogP contribution in [0.4, 0.5) is 5.69 Å². The molecule has 132 valence electrons. The Morgan fingerprint density at radius 1 is 1.22 bits per heavy atom. The molecule has 4 nitrogen and oxygen atoms in total. The third kappa shape index (κ3) is 7.42. The number of carbonyl (C=O) groups excluding carboxylic acids is 1. The van der Waals surface area contributed by atoms with Crippen LogP contribution in [0.15, 0.2) is 24.3 Å². The largest absolute Gasteiger partial charge is 0.377 e. The van der Waals surface area contributed by atoms with Gasteiger partial charge in [0.25, 0.3) is 0 Å². The lowest BCUT2D eigenvalue weighted by Crippen LogP contribution is -2.29. The van der Waals surface area contributed by atoms with E-state index in [1.165, 1.54) is 12.8 Å². The number of anilines is 1. The minimum Gasteiger partial charge on any atom is -0.377 e. The van der Waals surface area contributed by atoms with Gasteiger partial charge in [0.2, 0.25) is 5.91 Å². The van der Waals surface area contributed by atoms with Crippen molar-refractivity contribution in [3.8, 4) is 0 Å². The van der Waals surface area contributed by atoms with Crippen molar-refractivity contribution in [2.24, 2.45) is 5.92 Å². The molecule has 0 saturated carbocycles. The summed E-state index contributed by atoms with van der Waals surface area (Å²) < 4.78 is 0. The second kappa shape index (κ2) is 11.5. The number of halogens is 2. The van der Waals surface area contributed by atoms with Crippen molar-refractivity contribution in [1.82, 2.24) is 10.6 Å². The van der Waals surface area contributed by atoms with E-state index in [0.717, 1.165) is 30.8 Å². The van der Waals surface area contributed by atoms with Gasteiger partial charge in [-0.3, -0.25) is 4.79 Å². The van der Waals surface area contributed by atoms with Gasteiger partial charge in [0.05, 0.1) is 0 Å². The molecule has 1 aromatic carbocycles. The summed E-state index contributed by atoms with van der Waals surface area (Å²) in [6.07, 6.45) is 4.07. The summed E-state index contributed by atoms with van der Waals surface area (Å²) in [4.78, 5) is 14.1. The molecule has 1 fully saturated rings. The van der Waals surface area contributed by atoms with Crippen molar-refractivity contribution in [1.29, 1.82) is 0 Å². The molecule has 0 aliphatic carbocycles. The smallest absolute Gasteiger partial charge is 0.220 e. The Hall–Kier alpha value is -0.970. The van der Waals surface area contributed by atoms with Gasteiger partial charge < -0.3 is 15.5 Å². The van der Waals surface area contributed by atoms with E-state index in [9.17, 15) is 4.79 Å². The monoisotopic (exact) mass is 361 g/mol. The van der Waals surface area contributed by atoms with Crippen LogP contribution in [0.25, 0.3) is 0 Å². The third-order valence-electron chi connectivity index (χ3n) is 4.19. The minimum atomic E-state index is 0. The van der Waals surface area contributed by atoms with Crippen molar-refractivity contribution in [2.75, 3.05) is 32.1 Å². The van der Waals surface area contributed by atoms with Crippen LogP contribution in [0.2, 0.25) is 0 Å². The molecule has 2 N–H and O–H groups in total. The topological polar surface area (TPSA) is 44.4 Å². The number of nitrogens with one attached hydrogen (secondary N) is 2. The molecule has 23 heavy (non-hydrogen) atoms. The van der Waals surface area contributed by atoms with Crippen molar-refractivity contribution >= 4 is 36.4 Å². The molecule has 1 heterocycles. The molecule has 0 spiro atoms. The fraction of sp³-hybridized carbons (Fsp3) is 0.588. The van der Waals surface area contributed by atoms with Crippen LogP contribution < -0.4 is 15.5 Å². The molecule has 0 aromatic heterocycles. The number of hydrogen-bond acceptors (Lipinski definition) is 3. The first kappa shape index (κ1) is 22.0. The highest BCUT2D eigenvalue weighted by molar-refractivity contribution is 5.85. The van der Waals surface area contributed by atoms with Gasteiger partial charge in [-0.1, -0.05) is 18.2 Å². The highest BCUT2D eigenvalue weighted by Crippen LogP contribution is 2.19. The summed E-state index contributed by atoms with van der Waals surface area (Å²) in [7, 11) is 4.05. The fourth-order valence-corrected chi connectivity index (χ4v) is 2.88. The molecule has 1 aliphatic rings. The van der Waals surface area contributed by atoms with Crippen LogP contribution in [0.5, 0.6) is 0 Å². The van der Waals surface area contributed by atoms with E-state index < -0.39 is 0 Å². The molecule has 2 rings (SSSR count). The number of para-hydroxylation sites is 1. The third-order valence-corrected chi connectivity index (χ3v) is 4.19. The molecule has 1 saturated heterocycles. The minimum absolute atomic E-state index is 0. The van der Waals surface area contributed by atoms with E-state index in [1.807, 2.05) is 26.2 Å². The SMILES string of the molecule is CN(C)c1ccccc1CNC(=O)CCC1CCNCC1.Cl.Cl. The molecule has 1 aliphatic heterocycles. The van der Waals surface area contributed by atoms with Crippen LogP contribution in [0.3, 0.4) is 0 Å². The number of hydrogen-bond donors (Lipinski definition) is 2. The summed E-state index contributed by atoms with van der Waals surface area (Å²) in [5.74, 6) is 0.883. The Balaban J connectivity index is 0.00000242. The molecule has 0 atom stereocenters. The molecular formula is C17H29Cl2N3O. The van der Waals surface area contributed by atoms with Crippen LogP contribution in [0, 0.1) is 5.92 Å². The van der Waals surface area contributed by atoms with Crippen LogP contribution in [-0.4, -0.2) is 33.1 Å². The number of rotatable bonds is 6. The van der Waals surface area contributed by atoms with E-state index in [1.54, 1.807) is 0 Å². The number of benzene rings is 1. The number of piperidine rings is 1. The molecule has 0 bridgehead atoms. The van der Waals surface area contributed by atoms with Gasteiger partial charge >= 0.3 is 0 Å². The summed E-state index contributed by atoms with van der Waals surface area (Å²) in [5, 5.41) is 6.41. The lowest BCUT2D eigenvalue weighted by atomic mass is 9.93. The normalized spacial score (nSPS) is 14.3. The average molecular weight is 362 g/mol. The van der Waals surface area contributed by atoms with E-state index in [-0.39, 0.29) is 30.7 Å². The maximum absolute atomic E-state index is 12.0. The van der Waals surface area contributed by atoms with Gasteiger partial charge in [0.15, 0.2) is 0 Å². The first-order chi connectivity index (χ1) is 10.2. The van der Waals surface area contributed by atoms with Crippen molar-refractivity contribution in [2.45, 2.75) is 32.2 Å². The summed E-state index contributed by atoms with van der Waals surface area (Å²) in [5.41, 5.74) is 2.33. The maximum atomic E-state index is 12.0. The quantitative estimate of drug-likeness (QED) is 0.818. The predicted molar refractivity (Wildman–Crippen MR) is 102 cm³/mol. The van der Waals surface area contributed by atoms with Gasteiger partial charge in [-0.15, -0.1) is 24.8 Å². The molecule has 0 radical (unpaired) electrons. The highest BCUT2D eigenvalue weighted by atomic mass is 35.5. The average Bonchev–Trinajstić information content (AvgIpc) is 2.52. The fourth-order valence-electron chi connectivity index (χ4n) is 2.88. The van der Waals surface area contributed by atoms with Crippen LogP contribution in [-0.2, 0) is 11.3 Å². The van der Waals surface area contributed by atoms with Gasteiger partial charge in [-0.2, -0.15) is 0 Å². The zero-order chi connectivity index (χ0) is 15.1. The first-order valence-corrected chi connectivity index (χ1v) is 7.89. The van der Waals surface area contributed by atoms with Crippen LogP contribution >= 0.6 is 24.8 Å². The first-order valence-electron chi connectivity index (χ1n) is 7.89. The second-order valence-electron chi connectivity index (χ2n) is 6.03. The van der Waals surface area contributed by atoms with E-state index in [2.05, 4.69) is 27.7 Å². The molecular weight excluding hydrogens is 333 g/mol. The zero-order valence-electron chi connectivity index (χ0n) is 14.0. The summed E-state index contributed by atoms with van der Waals surface area (Å²) >= 11 is 0. The summed E-state index contributed by atoms with van der Waals surface area (Å²) in [6, 6.07) is 8.19. The standard InChI is InChI=1S/C17H27N3O.2ClH/c1-20(2)16-6-4-3-5-15(16)13-19-17(21)8-7-14-9-11-18-12-10-14;;/h3-6,14,18H,7-13H2,1-2H3,(H,19,21);2*1H. The highest BCUT2D eigenvalue weighted by Gasteiger charge is 2.14. The van der Waals surface area contributed by atoms with Gasteiger partial charge in [0, 0.05) is 32.7 Å². The number of carbonyl (C=O) groups is 1. The molecule has 6 heteroatoms. The summed E-state index contributed by atoms with van der Waals surface area (Å²) in [6.45, 7) is 2.81. The molecule has 1 aromatic rings. The Morgan fingerprint density at radius 2 is 1.87 bits per heavy atom. The number of amides is 1. The van der Waals surface area contributed by atoms with Gasteiger partial charge in [0.1, 0.15) is 0 Å². The van der Waals surface area contributed by atoms with E-state index in [0.29, 0.717) is 18.9 Å². The Labute approximate surface area is 152 Å².